The van der Waals surface area contributed by atoms with Gasteiger partial charge in [0.2, 0.25) is 0 Å². The number of aromatic nitrogens is 1. The molecule has 3 aliphatic rings. The van der Waals surface area contributed by atoms with Crippen molar-refractivity contribution in [3.05, 3.63) is 198 Å². The summed E-state index contributed by atoms with van der Waals surface area (Å²) < 4.78 is 9.62. The van der Waals surface area contributed by atoms with E-state index in [1.165, 1.54) is 99.5 Å². The van der Waals surface area contributed by atoms with Gasteiger partial charge in [-0.1, -0.05) is 147 Å². The number of unbranched alkanes of at least 4 members (excludes halogenated alkanes) is 1. The molecule has 0 spiro atoms. The Kier molecular flexibility index (Phi) is 6.28. The number of benzene rings is 8. The monoisotopic (exact) mass is 728 g/mol. The van der Waals surface area contributed by atoms with Crippen LogP contribution in [0.1, 0.15) is 47.6 Å². The maximum atomic E-state index is 6.92. The molecule has 8 aromatic carbocycles. The second kappa shape index (κ2) is 11.4. The molecular weight excluding hydrogens is 691 g/mol. The van der Waals surface area contributed by atoms with Crippen molar-refractivity contribution in [2.45, 2.75) is 31.6 Å². The van der Waals surface area contributed by atoms with Crippen LogP contribution >= 0.6 is 0 Å². The predicted molar refractivity (Wildman–Crippen MR) is 238 cm³/mol. The van der Waals surface area contributed by atoms with Gasteiger partial charge in [-0.2, -0.15) is 0 Å². The van der Waals surface area contributed by atoms with Crippen LogP contribution in [0.3, 0.4) is 0 Å². The van der Waals surface area contributed by atoms with Crippen LogP contribution in [0, 0.1) is 0 Å². The Bertz CT molecular complexity index is 3260. The zero-order valence-corrected chi connectivity index (χ0v) is 31.7. The third-order valence-electron chi connectivity index (χ3n) is 13.4. The zero-order valence-electron chi connectivity index (χ0n) is 31.7. The minimum Gasteiger partial charge on any atom is -0.456 e. The van der Waals surface area contributed by atoms with Crippen LogP contribution in [0.25, 0.3) is 54.9 Å². The van der Waals surface area contributed by atoms with Crippen LogP contribution in [-0.4, -0.2) is 11.3 Å². The Morgan fingerprint density at radius 1 is 0.596 bits per heavy atom. The van der Waals surface area contributed by atoms with Crippen molar-refractivity contribution in [3.8, 4) is 11.1 Å². The van der Waals surface area contributed by atoms with Gasteiger partial charge in [0.05, 0.1) is 11.1 Å². The zero-order chi connectivity index (χ0) is 37.4. The van der Waals surface area contributed by atoms with Crippen LogP contribution in [0.15, 0.2) is 174 Å². The highest BCUT2D eigenvalue weighted by molar-refractivity contribution is 6.90. The number of hydrogen-bond donors (Lipinski definition) is 0. The Hall–Kier alpha value is -6.78. The lowest BCUT2D eigenvalue weighted by molar-refractivity contribution is 0.669. The van der Waals surface area contributed by atoms with Crippen molar-refractivity contribution in [1.82, 2.24) is 4.48 Å². The first-order valence-electron chi connectivity index (χ1n) is 20.5. The molecule has 13 rings (SSSR count). The molecule has 0 amide bonds. The molecule has 3 aliphatic heterocycles. The molecule has 10 aromatic rings. The summed E-state index contributed by atoms with van der Waals surface area (Å²) in [5.74, 6) is 0. The van der Waals surface area contributed by atoms with Crippen LogP contribution in [0.5, 0.6) is 0 Å². The number of hydrogen-bond acceptors (Lipinski definition) is 2. The molecule has 0 N–H and O–H groups in total. The minimum absolute atomic E-state index is 0.0647. The molecule has 5 heterocycles. The molecule has 0 aliphatic carbocycles. The number of rotatable bonds is 5. The molecule has 0 atom stereocenters. The van der Waals surface area contributed by atoms with E-state index in [4.69, 9.17) is 4.42 Å². The van der Waals surface area contributed by atoms with E-state index in [9.17, 15) is 0 Å². The van der Waals surface area contributed by atoms with Crippen molar-refractivity contribution >= 4 is 78.6 Å². The first-order chi connectivity index (χ1) is 28.3. The lowest BCUT2D eigenvalue weighted by Crippen LogP contribution is -2.58. The van der Waals surface area contributed by atoms with Gasteiger partial charge in [-0.25, -0.2) is 0 Å². The number of aryl methyl sites for hydroxylation is 1. The van der Waals surface area contributed by atoms with Gasteiger partial charge in [0.15, 0.2) is 0 Å². The first-order valence-corrected chi connectivity index (χ1v) is 20.5. The predicted octanol–water partition coefficient (Wildman–Crippen LogP) is 12.2. The van der Waals surface area contributed by atoms with Crippen LogP contribution in [0.2, 0.25) is 0 Å². The molecule has 0 radical (unpaired) electrons. The number of nitrogens with zero attached hydrogens (tertiary/aromatic N) is 2. The van der Waals surface area contributed by atoms with Crippen molar-refractivity contribution in [3.63, 3.8) is 0 Å². The second-order valence-corrected chi connectivity index (χ2v) is 16.2. The average Bonchev–Trinajstić information content (AvgIpc) is 3.81. The Morgan fingerprint density at radius 3 is 2.11 bits per heavy atom. The fourth-order valence-electron chi connectivity index (χ4n) is 11.2. The molecular formula is C53H37BN2O. The number of fused-ring (bicyclic) bond motifs is 13. The van der Waals surface area contributed by atoms with Crippen LogP contribution in [0.4, 0.5) is 17.1 Å². The summed E-state index contributed by atoms with van der Waals surface area (Å²) in [7, 11) is 0. The van der Waals surface area contributed by atoms with E-state index in [2.05, 4.69) is 186 Å². The van der Waals surface area contributed by atoms with Crippen LogP contribution < -0.4 is 15.8 Å². The van der Waals surface area contributed by atoms with E-state index in [-0.39, 0.29) is 6.85 Å². The Balaban J connectivity index is 1.26. The Morgan fingerprint density at radius 2 is 1.30 bits per heavy atom. The molecule has 0 saturated heterocycles. The quantitative estimate of drug-likeness (QED) is 0.165. The highest BCUT2D eigenvalue weighted by Gasteiger charge is 2.52. The normalized spacial score (nSPS) is 14.3. The maximum absolute atomic E-state index is 6.92. The van der Waals surface area contributed by atoms with Gasteiger partial charge in [-0.3, -0.25) is 0 Å². The molecule has 2 aromatic heterocycles. The minimum atomic E-state index is -0.556. The third-order valence-corrected chi connectivity index (χ3v) is 13.4. The standard InChI is InChI=1S/C53H37BN2O/c1-2-3-17-33-30-38-36-22-10-13-27-43(36)56-51(38)39(31-33)49-48-37-23-11-15-29-46(37)57-47(48)32-45-50(49)54(56)42-26-16-25-41-52(42)55(45)44-28-14-12-24-40(44)53(41,34-18-6-4-7-19-34)35-20-8-5-9-21-35/h4-16,18-32H,2-3,17H2,1H3. The molecule has 3 nitrogen and oxygen atoms in total. The number of anilines is 3. The van der Waals surface area contributed by atoms with Crippen molar-refractivity contribution in [1.29, 1.82) is 0 Å². The molecule has 4 heteroatoms. The van der Waals surface area contributed by atoms with Crippen LogP contribution in [-0.2, 0) is 11.8 Å². The lowest BCUT2D eigenvalue weighted by atomic mass is 9.43. The maximum Gasteiger partial charge on any atom is 0.333 e. The Labute approximate surface area is 331 Å². The fourth-order valence-corrected chi connectivity index (χ4v) is 11.2. The first kappa shape index (κ1) is 31.4. The van der Waals surface area contributed by atoms with E-state index in [1.54, 1.807) is 0 Å². The second-order valence-electron chi connectivity index (χ2n) is 16.2. The van der Waals surface area contributed by atoms with Gasteiger partial charge in [-0.05, 0) is 87.5 Å². The van der Waals surface area contributed by atoms with Gasteiger partial charge in [-0.15, -0.1) is 0 Å². The van der Waals surface area contributed by atoms with E-state index in [1.807, 2.05) is 0 Å². The highest BCUT2D eigenvalue weighted by Crippen LogP contribution is 2.59. The van der Waals surface area contributed by atoms with Gasteiger partial charge < -0.3 is 13.8 Å². The van der Waals surface area contributed by atoms with Gasteiger partial charge in [0.25, 0.3) is 0 Å². The topological polar surface area (TPSA) is 21.3 Å². The summed E-state index contributed by atoms with van der Waals surface area (Å²) >= 11 is 0. The SMILES string of the molecule is CCCCc1cc2c3c(c1)c1ccccc1n3B1c3cccc4c3N(c3ccccc3C4(c3ccccc3)c3ccccc3)c3cc4oc5ccccc5c4c-2c31. The largest absolute Gasteiger partial charge is 0.456 e. The smallest absolute Gasteiger partial charge is 0.333 e. The van der Waals surface area contributed by atoms with Crippen molar-refractivity contribution < 1.29 is 4.42 Å². The summed E-state index contributed by atoms with van der Waals surface area (Å²) in [5, 5.41) is 5.04. The fraction of sp³-hybridized carbons (Fsp3) is 0.0943. The molecule has 57 heavy (non-hydrogen) atoms. The summed E-state index contributed by atoms with van der Waals surface area (Å²) in [6.07, 6.45) is 3.38. The van der Waals surface area contributed by atoms with Crippen molar-refractivity contribution in [2.75, 3.05) is 4.90 Å². The molecule has 0 bridgehead atoms. The molecule has 268 valence electrons. The average molecular weight is 729 g/mol. The molecule has 0 fully saturated rings. The third kappa shape index (κ3) is 3.88. The number of para-hydroxylation sites is 4. The van der Waals surface area contributed by atoms with Gasteiger partial charge >= 0.3 is 6.85 Å². The van der Waals surface area contributed by atoms with E-state index < -0.39 is 5.41 Å². The van der Waals surface area contributed by atoms with E-state index in [0.29, 0.717) is 0 Å². The van der Waals surface area contributed by atoms with E-state index in [0.717, 1.165) is 30.4 Å². The summed E-state index contributed by atoms with van der Waals surface area (Å²) in [5.41, 5.74) is 19.3. The number of furan rings is 1. The molecule has 0 unspecified atom stereocenters. The molecule has 0 saturated carbocycles. The van der Waals surface area contributed by atoms with Crippen molar-refractivity contribution in [2.24, 2.45) is 0 Å². The summed E-state index contributed by atoms with van der Waals surface area (Å²) in [4.78, 5) is 2.60. The van der Waals surface area contributed by atoms with Gasteiger partial charge in [0.1, 0.15) is 11.2 Å². The van der Waals surface area contributed by atoms with Gasteiger partial charge in [0, 0.05) is 55.6 Å². The highest BCUT2D eigenvalue weighted by atomic mass is 16.3. The van der Waals surface area contributed by atoms with E-state index >= 15 is 0 Å². The lowest BCUT2D eigenvalue weighted by Gasteiger charge is -2.50. The summed E-state index contributed by atoms with van der Waals surface area (Å²) in [6, 6.07) is 63.7. The summed E-state index contributed by atoms with van der Waals surface area (Å²) in [6.45, 7) is 2.23.